The Hall–Kier alpha value is -1.62. The highest BCUT2D eigenvalue weighted by molar-refractivity contribution is 5.74. The molecule has 1 fully saturated rings. The van der Waals surface area contributed by atoms with Crippen LogP contribution in [0.3, 0.4) is 0 Å². The minimum atomic E-state index is -0.362. The molecule has 0 radical (unpaired) electrons. The van der Waals surface area contributed by atoms with Gasteiger partial charge in [0.05, 0.1) is 6.10 Å². The number of hydrogen-bond acceptors (Lipinski definition) is 2. The van der Waals surface area contributed by atoms with Gasteiger partial charge in [0.25, 0.3) is 0 Å². The summed E-state index contributed by atoms with van der Waals surface area (Å²) < 4.78 is 13.0. The molecule has 0 bridgehead atoms. The first kappa shape index (κ1) is 16.7. The lowest BCUT2D eigenvalue weighted by Gasteiger charge is -2.22. The number of carbonyl (C=O) groups excluding carboxylic acids is 1. The van der Waals surface area contributed by atoms with E-state index < -0.39 is 0 Å². The van der Waals surface area contributed by atoms with Gasteiger partial charge in [-0.1, -0.05) is 25.5 Å². The fraction of sp³-hybridized carbons (Fsp3) is 0.588. The molecular formula is C17H25FN2O2. The molecule has 0 heterocycles. The molecule has 4 nitrogen and oxygen atoms in total. The fourth-order valence-electron chi connectivity index (χ4n) is 3.02. The topological polar surface area (TPSA) is 61.4 Å². The number of halogens is 1. The van der Waals surface area contributed by atoms with E-state index in [-0.39, 0.29) is 29.9 Å². The van der Waals surface area contributed by atoms with Crippen LogP contribution in [0.1, 0.15) is 50.5 Å². The molecule has 1 aromatic rings. The van der Waals surface area contributed by atoms with Gasteiger partial charge >= 0.3 is 6.03 Å². The van der Waals surface area contributed by atoms with E-state index in [2.05, 4.69) is 10.6 Å². The summed E-state index contributed by atoms with van der Waals surface area (Å²) in [7, 11) is 0. The molecule has 5 heteroatoms. The molecule has 2 amide bonds. The van der Waals surface area contributed by atoms with Crippen LogP contribution in [0.5, 0.6) is 0 Å². The van der Waals surface area contributed by atoms with Gasteiger partial charge in [-0.2, -0.15) is 0 Å². The molecule has 3 unspecified atom stereocenters. The van der Waals surface area contributed by atoms with E-state index in [9.17, 15) is 14.3 Å². The fourth-order valence-corrected chi connectivity index (χ4v) is 3.02. The molecule has 1 aliphatic rings. The van der Waals surface area contributed by atoms with Gasteiger partial charge < -0.3 is 15.7 Å². The van der Waals surface area contributed by atoms with Crippen molar-refractivity contribution in [3.05, 3.63) is 35.6 Å². The number of aliphatic hydroxyl groups is 1. The standard InChI is InChI=1S/C17H25FN2O2/c1-2-14(21)10-11-19-17(22)20-16-5-3-4-15(16)12-6-8-13(18)9-7-12/h6-9,14-16,21H,2-5,10-11H2,1H3,(H2,19,20,22). The zero-order valence-electron chi connectivity index (χ0n) is 13.0. The second-order valence-corrected chi connectivity index (χ2v) is 5.95. The molecule has 0 spiro atoms. The molecule has 122 valence electrons. The van der Waals surface area contributed by atoms with Crippen LogP contribution in [0.2, 0.25) is 0 Å². The number of carbonyl (C=O) groups is 1. The van der Waals surface area contributed by atoms with Crippen molar-refractivity contribution in [3.63, 3.8) is 0 Å². The van der Waals surface area contributed by atoms with Crippen LogP contribution in [-0.4, -0.2) is 29.8 Å². The summed E-state index contributed by atoms with van der Waals surface area (Å²) in [4.78, 5) is 11.9. The van der Waals surface area contributed by atoms with E-state index in [0.717, 1.165) is 24.8 Å². The molecule has 1 saturated carbocycles. The Morgan fingerprint density at radius 1 is 1.36 bits per heavy atom. The molecular weight excluding hydrogens is 283 g/mol. The van der Waals surface area contributed by atoms with E-state index in [0.29, 0.717) is 19.4 Å². The Kier molecular flexibility index (Phi) is 6.19. The lowest BCUT2D eigenvalue weighted by molar-refractivity contribution is 0.160. The largest absolute Gasteiger partial charge is 0.393 e. The second-order valence-electron chi connectivity index (χ2n) is 5.95. The Morgan fingerprint density at radius 3 is 2.77 bits per heavy atom. The average molecular weight is 308 g/mol. The zero-order chi connectivity index (χ0) is 15.9. The Bertz CT molecular complexity index is 478. The van der Waals surface area contributed by atoms with Crippen LogP contribution in [0.15, 0.2) is 24.3 Å². The zero-order valence-corrected chi connectivity index (χ0v) is 13.0. The third kappa shape index (κ3) is 4.70. The van der Waals surface area contributed by atoms with Crippen molar-refractivity contribution in [2.45, 2.75) is 57.1 Å². The number of aliphatic hydroxyl groups excluding tert-OH is 1. The van der Waals surface area contributed by atoms with Crippen molar-refractivity contribution in [2.24, 2.45) is 0 Å². The number of rotatable bonds is 6. The van der Waals surface area contributed by atoms with Crippen LogP contribution < -0.4 is 10.6 Å². The summed E-state index contributed by atoms with van der Waals surface area (Å²) in [6.45, 7) is 2.38. The molecule has 1 aromatic carbocycles. The summed E-state index contributed by atoms with van der Waals surface area (Å²) in [5.74, 6) is 0.00561. The number of benzene rings is 1. The Balaban J connectivity index is 1.83. The predicted molar refractivity (Wildman–Crippen MR) is 84.2 cm³/mol. The molecule has 0 aromatic heterocycles. The summed E-state index contributed by atoms with van der Waals surface area (Å²) in [6, 6.07) is 6.43. The first-order chi connectivity index (χ1) is 10.6. The Morgan fingerprint density at radius 2 is 2.09 bits per heavy atom. The third-order valence-corrected chi connectivity index (χ3v) is 4.36. The van der Waals surface area contributed by atoms with E-state index in [1.807, 2.05) is 6.92 Å². The summed E-state index contributed by atoms with van der Waals surface area (Å²) >= 11 is 0. The molecule has 0 aliphatic heterocycles. The number of amides is 2. The summed E-state index contributed by atoms with van der Waals surface area (Å²) in [5.41, 5.74) is 1.07. The van der Waals surface area contributed by atoms with Gasteiger partial charge in [0, 0.05) is 18.5 Å². The van der Waals surface area contributed by atoms with Gasteiger partial charge in [0.1, 0.15) is 5.82 Å². The number of urea groups is 1. The first-order valence-electron chi connectivity index (χ1n) is 8.08. The van der Waals surface area contributed by atoms with Gasteiger partial charge in [-0.05, 0) is 43.4 Å². The second kappa shape index (κ2) is 8.13. The van der Waals surface area contributed by atoms with Crippen LogP contribution in [0.4, 0.5) is 9.18 Å². The predicted octanol–water partition coefficient (Wildman–Crippen LogP) is 2.92. The maximum Gasteiger partial charge on any atom is 0.315 e. The highest BCUT2D eigenvalue weighted by atomic mass is 19.1. The average Bonchev–Trinajstić information content (AvgIpc) is 2.96. The quantitative estimate of drug-likeness (QED) is 0.756. The van der Waals surface area contributed by atoms with E-state index in [1.54, 1.807) is 12.1 Å². The summed E-state index contributed by atoms with van der Waals surface area (Å²) in [6.07, 6.45) is 3.90. The molecule has 22 heavy (non-hydrogen) atoms. The van der Waals surface area contributed by atoms with Gasteiger partial charge in [0.15, 0.2) is 0 Å². The van der Waals surface area contributed by atoms with E-state index >= 15 is 0 Å². The monoisotopic (exact) mass is 308 g/mol. The Labute approximate surface area is 131 Å². The maximum atomic E-state index is 13.0. The van der Waals surface area contributed by atoms with Gasteiger partial charge in [-0.15, -0.1) is 0 Å². The third-order valence-electron chi connectivity index (χ3n) is 4.36. The van der Waals surface area contributed by atoms with E-state index in [1.165, 1.54) is 12.1 Å². The number of nitrogens with one attached hydrogen (secondary N) is 2. The molecule has 0 saturated heterocycles. The normalized spacial score (nSPS) is 22.3. The smallest absolute Gasteiger partial charge is 0.315 e. The minimum Gasteiger partial charge on any atom is -0.393 e. The van der Waals surface area contributed by atoms with Crippen LogP contribution in [0.25, 0.3) is 0 Å². The lowest BCUT2D eigenvalue weighted by Crippen LogP contribution is -2.43. The molecule has 2 rings (SSSR count). The van der Waals surface area contributed by atoms with Crippen LogP contribution in [0, 0.1) is 5.82 Å². The molecule has 3 atom stereocenters. The van der Waals surface area contributed by atoms with E-state index in [4.69, 9.17) is 0 Å². The van der Waals surface area contributed by atoms with Crippen LogP contribution >= 0.6 is 0 Å². The van der Waals surface area contributed by atoms with Gasteiger partial charge in [-0.3, -0.25) is 0 Å². The molecule has 3 N–H and O–H groups in total. The highest BCUT2D eigenvalue weighted by Gasteiger charge is 2.29. The highest BCUT2D eigenvalue weighted by Crippen LogP contribution is 2.34. The van der Waals surface area contributed by atoms with Crippen molar-refractivity contribution >= 4 is 6.03 Å². The van der Waals surface area contributed by atoms with Crippen LogP contribution in [-0.2, 0) is 0 Å². The van der Waals surface area contributed by atoms with Crippen molar-refractivity contribution in [1.82, 2.24) is 10.6 Å². The van der Waals surface area contributed by atoms with Crippen molar-refractivity contribution in [3.8, 4) is 0 Å². The summed E-state index contributed by atoms with van der Waals surface area (Å²) in [5, 5.41) is 15.3. The van der Waals surface area contributed by atoms with Gasteiger partial charge in [0.2, 0.25) is 0 Å². The SMILES string of the molecule is CCC(O)CCNC(=O)NC1CCCC1c1ccc(F)cc1. The van der Waals surface area contributed by atoms with Gasteiger partial charge in [-0.25, -0.2) is 9.18 Å². The maximum absolute atomic E-state index is 13.0. The van der Waals surface area contributed by atoms with Crippen molar-refractivity contribution < 1.29 is 14.3 Å². The lowest BCUT2D eigenvalue weighted by atomic mass is 9.94. The minimum absolute atomic E-state index is 0.0848. The first-order valence-corrected chi connectivity index (χ1v) is 8.08. The number of hydrogen-bond donors (Lipinski definition) is 3. The van der Waals surface area contributed by atoms with Crippen molar-refractivity contribution in [1.29, 1.82) is 0 Å². The molecule has 1 aliphatic carbocycles. The van der Waals surface area contributed by atoms with Crippen molar-refractivity contribution in [2.75, 3.05) is 6.54 Å².